The van der Waals surface area contributed by atoms with Gasteiger partial charge in [0.15, 0.2) is 0 Å². The molecule has 3 rings (SSSR count). The van der Waals surface area contributed by atoms with Crippen LogP contribution in [0.2, 0.25) is 0 Å². The maximum absolute atomic E-state index is 11.6. The van der Waals surface area contributed by atoms with Gasteiger partial charge in [-0.25, -0.2) is 4.79 Å². The average molecular weight is 278 g/mol. The summed E-state index contributed by atoms with van der Waals surface area (Å²) in [5, 5.41) is 0. The van der Waals surface area contributed by atoms with Crippen LogP contribution >= 0.6 is 0 Å². The molecule has 0 amide bonds. The van der Waals surface area contributed by atoms with Gasteiger partial charge >= 0.3 is 5.97 Å². The second-order valence-corrected chi connectivity index (χ2v) is 6.98. The third-order valence-electron chi connectivity index (χ3n) is 6.03. The van der Waals surface area contributed by atoms with E-state index in [0.29, 0.717) is 24.0 Å². The molecule has 0 aliphatic heterocycles. The largest absolute Gasteiger partial charge is 0.462 e. The van der Waals surface area contributed by atoms with Crippen LogP contribution in [0.25, 0.3) is 0 Å². The minimum absolute atomic E-state index is 0.244. The van der Waals surface area contributed by atoms with Gasteiger partial charge in [0.05, 0.1) is 6.61 Å². The predicted molar refractivity (Wildman–Crippen MR) is 77.1 cm³/mol. The first kappa shape index (κ1) is 14.1. The Kier molecular flexibility index (Phi) is 3.89. The second kappa shape index (κ2) is 5.51. The van der Waals surface area contributed by atoms with Crippen LogP contribution in [0.3, 0.4) is 0 Å². The highest BCUT2D eigenvalue weighted by Gasteiger charge is 2.58. The first-order chi connectivity index (χ1) is 9.63. The van der Waals surface area contributed by atoms with E-state index in [0.717, 1.165) is 30.3 Å². The van der Waals surface area contributed by atoms with Gasteiger partial charge < -0.3 is 9.47 Å². The maximum Gasteiger partial charge on any atom is 0.333 e. The van der Waals surface area contributed by atoms with Crippen molar-refractivity contribution < 1.29 is 14.3 Å². The Bertz CT molecular complexity index is 403. The Balaban J connectivity index is 1.68. The van der Waals surface area contributed by atoms with Crippen LogP contribution in [0.1, 0.15) is 32.6 Å². The highest BCUT2D eigenvalue weighted by atomic mass is 16.5. The van der Waals surface area contributed by atoms with Crippen LogP contribution < -0.4 is 0 Å². The SMILES string of the molecule is C=C(C)C(=O)OCC1C(COC)[C@H]2C[C@@H]1C1CCCC12. The summed E-state index contributed by atoms with van der Waals surface area (Å²) in [4.78, 5) is 11.6. The number of carbonyl (C=O) groups excluding carboxylic acids is 1. The lowest BCUT2D eigenvalue weighted by Gasteiger charge is -2.37. The zero-order valence-corrected chi connectivity index (χ0v) is 12.6. The van der Waals surface area contributed by atoms with Crippen molar-refractivity contribution in [2.45, 2.75) is 32.6 Å². The van der Waals surface area contributed by atoms with Crippen molar-refractivity contribution in [1.82, 2.24) is 0 Å². The molecule has 0 aromatic heterocycles. The fourth-order valence-electron chi connectivity index (χ4n) is 5.35. The molecule has 0 spiro atoms. The predicted octanol–water partition coefficient (Wildman–Crippen LogP) is 3.05. The number of ether oxygens (including phenoxy) is 2. The fourth-order valence-corrected chi connectivity index (χ4v) is 5.35. The standard InChI is InChI=1S/C17H26O3/c1-10(2)17(18)20-9-16-14-7-13(15(16)8-19-3)11-5-4-6-12(11)14/h11-16H,1,4-9H2,2-3H3/t11?,12?,13-,14+,15?,16?/m0/s1. The smallest absolute Gasteiger partial charge is 0.333 e. The maximum atomic E-state index is 11.6. The van der Waals surface area contributed by atoms with E-state index in [2.05, 4.69) is 6.58 Å². The molecule has 0 saturated heterocycles. The minimum Gasteiger partial charge on any atom is -0.462 e. The number of hydrogen-bond donors (Lipinski definition) is 0. The molecule has 3 aliphatic carbocycles. The monoisotopic (exact) mass is 278 g/mol. The first-order valence-corrected chi connectivity index (χ1v) is 7.95. The highest BCUT2D eigenvalue weighted by Crippen LogP contribution is 2.63. The summed E-state index contributed by atoms with van der Waals surface area (Å²) in [7, 11) is 1.79. The van der Waals surface area contributed by atoms with Gasteiger partial charge in [-0.05, 0) is 55.8 Å². The van der Waals surface area contributed by atoms with Crippen LogP contribution in [0, 0.1) is 35.5 Å². The molecule has 3 nitrogen and oxygen atoms in total. The van der Waals surface area contributed by atoms with Gasteiger partial charge in [-0.1, -0.05) is 13.0 Å². The normalized spacial score (nSPS) is 41.7. The van der Waals surface area contributed by atoms with Crippen molar-refractivity contribution in [3.05, 3.63) is 12.2 Å². The summed E-state index contributed by atoms with van der Waals surface area (Å²) in [6.07, 6.45) is 5.51. The summed E-state index contributed by atoms with van der Waals surface area (Å²) < 4.78 is 10.9. The zero-order valence-electron chi connectivity index (χ0n) is 12.6. The molecule has 0 N–H and O–H groups in total. The quantitative estimate of drug-likeness (QED) is 0.573. The fraction of sp³-hybridized carbons (Fsp3) is 0.824. The van der Waals surface area contributed by atoms with Crippen molar-refractivity contribution in [3.8, 4) is 0 Å². The molecular formula is C17H26O3. The molecule has 3 fully saturated rings. The molecule has 112 valence electrons. The molecule has 3 aliphatic rings. The molecule has 0 radical (unpaired) electrons. The Hall–Kier alpha value is -0.830. The summed E-state index contributed by atoms with van der Waals surface area (Å²) in [6.45, 7) is 6.75. The van der Waals surface area contributed by atoms with E-state index in [-0.39, 0.29) is 5.97 Å². The number of fused-ring (bicyclic) bond motifs is 5. The first-order valence-electron chi connectivity index (χ1n) is 7.95. The molecule has 0 aromatic carbocycles. The van der Waals surface area contributed by atoms with Gasteiger partial charge in [-0.3, -0.25) is 0 Å². The van der Waals surface area contributed by atoms with Crippen LogP contribution in [0.5, 0.6) is 0 Å². The lowest BCUT2D eigenvalue weighted by Crippen LogP contribution is -2.37. The molecule has 0 aromatic rings. The lowest BCUT2D eigenvalue weighted by molar-refractivity contribution is -0.142. The lowest BCUT2D eigenvalue weighted by atomic mass is 9.70. The third kappa shape index (κ3) is 2.20. The van der Waals surface area contributed by atoms with Crippen molar-refractivity contribution in [2.24, 2.45) is 35.5 Å². The van der Waals surface area contributed by atoms with E-state index in [9.17, 15) is 4.79 Å². The molecular weight excluding hydrogens is 252 g/mol. The minimum atomic E-state index is -0.244. The van der Waals surface area contributed by atoms with Crippen molar-refractivity contribution >= 4 is 5.97 Å². The van der Waals surface area contributed by atoms with Crippen LogP contribution in [-0.2, 0) is 14.3 Å². The van der Waals surface area contributed by atoms with Crippen LogP contribution in [-0.4, -0.2) is 26.3 Å². The van der Waals surface area contributed by atoms with E-state index in [1.807, 2.05) is 0 Å². The van der Waals surface area contributed by atoms with Crippen molar-refractivity contribution in [1.29, 1.82) is 0 Å². The highest BCUT2D eigenvalue weighted by molar-refractivity contribution is 5.86. The topological polar surface area (TPSA) is 35.5 Å². The Morgan fingerprint density at radius 3 is 2.25 bits per heavy atom. The van der Waals surface area contributed by atoms with E-state index < -0.39 is 0 Å². The number of methoxy groups -OCH3 is 1. The number of esters is 1. The van der Waals surface area contributed by atoms with E-state index in [4.69, 9.17) is 9.47 Å². The summed E-state index contributed by atoms with van der Waals surface area (Å²) in [6, 6.07) is 0. The molecule has 4 unspecified atom stereocenters. The van der Waals surface area contributed by atoms with Gasteiger partial charge in [0, 0.05) is 25.2 Å². The number of carbonyl (C=O) groups is 1. The third-order valence-corrected chi connectivity index (χ3v) is 6.03. The summed E-state index contributed by atoms with van der Waals surface area (Å²) >= 11 is 0. The van der Waals surface area contributed by atoms with Crippen molar-refractivity contribution in [3.63, 3.8) is 0 Å². The Morgan fingerprint density at radius 1 is 1.10 bits per heavy atom. The van der Waals surface area contributed by atoms with Crippen LogP contribution in [0.4, 0.5) is 0 Å². The number of hydrogen-bond acceptors (Lipinski definition) is 3. The molecule has 6 atom stereocenters. The van der Waals surface area contributed by atoms with Gasteiger partial charge in [0.1, 0.15) is 0 Å². The second-order valence-electron chi connectivity index (χ2n) is 6.98. The molecule has 20 heavy (non-hydrogen) atoms. The molecule has 0 heterocycles. The van der Waals surface area contributed by atoms with E-state index >= 15 is 0 Å². The van der Waals surface area contributed by atoms with Gasteiger partial charge in [0.2, 0.25) is 0 Å². The Morgan fingerprint density at radius 2 is 1.70 bits per heavy atom. The van der Waals surface area contributed by atoms with Gasteiger partial charge in [-0.15, -0.1) is 0 Å². The summed E-state index contributed by atoms with van der Waals surface area (Å²) in [5.41, 5.74) is 0.496. The Labute approximate surface area is 121 Å². The van der Waals surface area contributed by atoms with Crippen LogP contribution in [0.15, 0.2) is 12.2 Å². The molecule has 3 heteroatoms. The van der Waals surface area contributed by atoms with E-state index in [1.54, 1.807) is 14.0 Å². The summed E-state index contributed by atoms with van der Waals surface area (Å²) in [5.74, 6) is 4.22. The zero-order chi connectivity index (χ0) is 14.3. The van der Waals surface area contributed by atoms with Gasteiger partial charge in [0.25, 0.3) is 0 Å². The van der Waals surface area contributed by atoms with Gasteiger partial charge in [-0.2, -0.15) is 0 Å². The number of rotatable bonds is 5. The average Bonchev–Trinajstić information content (AvgIpc) is 3.07. The van der Waals surface area contributed by atoms with Crippen molar-refractivity contribution in [2.75, 3.05) is 20.3 Å². The molecule has 3 saturated carbocycles. The van der Waals surface area contributed by atoms with E-state index in [1.165, 1.54) is 25.7 Å². The molecule has 2 bridgehead atoms.